The molecule has 0 fully saturated rings. The summed E-state index contributed by atoms with van der Waals surface area (Å²) >= 11 is 6.08. The quantitative estimate of drug-likeness (QED) is 0.917. The molecular weight excluding hydrogens is 250 g/mol. The maximum Gasteiger partial charge on any atom is 0.169 e. The summed E-state index contributed by atoms with van der Waals surface area (Å²) in [6, 6.07) is 12.9. The molecule has 0 saturated carbocycles. The van der Waals surface area contributed by atoms with E-state index in [0.717, 1.165) is 5.56 Å². The van der Waals surface area contributed by atoms with Gasteiger partial charge in [0.2, 0.25) is 0 Å². The van der Waals surface area contributed by atoms with E-state index in [1.165, 1.54) is 0 Å². The molecule has 0 unspecified atom stereocenters. The van der Waals surface area contributed by atoms with Crippen molar-refractivity contribution in [2.75, 3.05) is 7.11 Å². The third-order valence-electron chi connectivity index (χ3n) is 2.54. The van der Waals surface area contributed by atoms with E-state index < -0.39 is 0 Å². The minimum absolute atomic E-state index is 0.410. The SMILES string of the molecule is COc1ccccc1Oc1ccc(CN)c(Cl)c1. The van der Waals surface area contributed by atoms with Crippen LogP contribution in [0.3, 0.4) is 0 Å². The van der Waals surface area contributed by atoms with Crippen LogP contribution in [0, 0.1) is 0 Å². The van der Waals surface area contributed by atoms with Crippen LogP contribution in [0.1, 0.15) is 5.56 Å². The molecule has 2 N–H and O–H groups in total. The Morgan fingerprint density at radius 1 is 1.11 bits per heavy atom. The van der Waals surface area contributed by atoms with Crippen molar-refractivity contribution in [3.63, 3.8) is 0 Å². The molecule has 0 heterocycles. The molecule has 0 aliphatic carbocycles. The predicted octanol–water partition coefficient (Wildman–Crippen LogP) is 3.60. The molecule has 0 radical (unpaired) electrons. The first-order valence-electron chi connectivity index (χ1n) is 5.54. The highest BCUT2D eigenvalue weighted by atomic mass is 35.5. The lowest BCUT2D eigenvalue weighted by atomic mass is 10.2. The summed E-state index contributed by atoms with van der Waals surface area (Å²) in [6.45, 7) is 0.410. The molecular formula is C14H14ClNO2. The molecule has 0 saturated heterocycles. The zero-order chi connectivity index (χ0) is 13.0. The van der Waals surface area contributed by atoms with Crippen molar-refractivity contribution >= 4 is 11.6 Å². The van der Waals surface area contributed by atoms with E-state index in [2.05, 4.69) is 0 Å². The molecule has 2 aromatic rings. The summed E-state index contributed by atoms with van der Waals surface area (Å²) in [6.07, 6.45) is 0. The van der Waals surface area contributed by atoms with Crippen LogP contribution in [0.4, 0.5) is 0 Å². The Balaban J connectivity index is 2.26. The van der Waals surface area contributed by atoms with Crippen LogP contribution in [0.5, 0.6) is 17.2 Å². The third-order valence-corrected chi connectivity index (χ3v) is 2.89. The molecule has 0 aliphatic rings. The van der Waals surface area contributed by atoms with Crippen molar-refractivity contribution < 1.29 is 9.47 Å². The summed E-state index contributed by atoms with van der Waals surface area (Å²) < 4.78 is 10.9. The van der Waals surface area contributed by atoms with Gasteiger partial charge < -0.3 is 15.2 Å². The Bertz CT molecular complexity index is 543. The first kappa shape index (κ1) is 12.7. The highest BCUT2D eigenvalue weighted by Crippen LogP contribution is 2.32. The van der Waals surface area contributed by atoms with Crippen LogP contribution in [0.2, 0.25) is 5.02 Å². The van der Waals surface area contributed by atoms with Crippen molar-refractivity contribution in [2.45, 2.75) is 6.54 Å². The fraction of sp³-hybridized carbons (Fsp3) is 0.143. The predicted molar refractivity (Wildman–Crippen MR) is 72.4 cm³/mol. The Hall–Kier alpha value is -1.71. The minimum Gasteiger partial charge on any atom is -0.493 e. The number of para-hydroxylation sites is 2. The highest BCUT2D eigenvalue weighted by Gasteiger charge is 2.06. The van der Waals surface area contributed by atoms with Gasteiger partial charge in [0, 0.05) is 11.6 Å². The van der Waals surface area contributed by atoms with Crippen molar-refractivity contribution in [3.05, 3.63) is 53.1 Å². The van der Waals surface area contributed by atoms with Crippen molar-refractivity contribution in [1.29, 1.82) is 0 Å². The van der Waals surface area contributed by atoms with E-state index in [0.29, 0.717) is 28.8 Å². The average Bonchev–Trinajstić information content (AvgIpc) is 2.39. The first-order chi connectivity index (χ1) is 8.74. The number of hydrogen-bond donors (Lipinski definition) is 1. The van der Waals surface area contributed by atoms with Crippen molar-refractivity contribution in [3.8, 4) is 17.2 Å². The summed E-state index contributed by atoms with van der Waals surface area (Å²) in [7, 11) is 1.60. The van der Waals surface area contributed by atoms with Crippen LogP contribution < -0.4 is 15.2 Å². The second kappa shape index (κ2) is 5.76. The van der Waals surface area contributed by atoms with E-state index in [1.807, 2.05) is 36.4 Å². The minimum atomic E-state index is 0.410. The molecule has 0 bridgehead atoms. The van der Waals surface area contributed by atoms with Crippen LogP contribution in [-0.4, -0.2) is 7.11 Å². The Kier molecular flexibility index (Phi) is 4.07. The van der Waals surface area contributed by atoms with Gasteiger partial charge in [-0.15, -0.1) is 0 Å². The Labute approximate surface area is 111 Å². The summed E-state index contributed by atoms with van der Waals surface area (Å²) in [4.78, 5) is 0. The van der Waals surface area contributed by atoms with Gasteiger partial charge in [0.15, 0.2) is 11.5 Å². The number of ether oxygens (including phenoxy) is 2. The third kappa shape index (κ3) is 2.75. The molecule has 2 rings (SSSR count). The second-order valence-corrected chi connectivity index (χ2v) is 4.12. The monoisotopic (exact) mass is 263 g/mol. The van der Waals surface area contributed by atoms with Gasteiger partial charge >= 0.3 is 0 Å². The maximum atomic E-state index is 6.08. The van der Waals surface area contributed by atoms with Gasteiger partial charge in [-0.2, -0.15) is 0 Å². The summed E-state index contributed by atoms with van der Waals surface area (Å²) in [5, 5.41) is 0.602. The van der Waals surface area contributed by atoms with Crippen LogP contribution >= 0.6 is 11.6 Å². The van der Waals surface area contributed by atoms with Gasteiger partial charge in [0.25, 0.3) is 0 Å². The summed E-state index contributed by atoms with van der Waals surface area (Å²) in [5.41, 5.74) is 6.45. The number of methoxy groups -OCH3 is 1. The molecule has 3 nitrogen and oxygen atoms in total. The lowest BCUT2D eigenvalue weighted by Gasteiger charge is -2.11. The van der Waals surface area contributed by atoms with E-state index in [1.54, 1.807) is 13.2 Å². The lowest BCUT2D eigenvalue weighted by molar-refractivity contribution is 0.379. The second-order valence-electron chi connectivity index (χ2n) is 3.71. The molecule has 0 aliphatic heterocycles. The number of halogens is 1. The fourth-order valence-electron chi connectivity index (χ4n) is 1.59. The molecule has 2 aromatic carbocycles. The van der Waals surface area contributed by atoms with E-state index in [4.69, 9.17) is 26.8 Å². The van der Waals surface area contributed by atoms with E-state index >= 15 is 0 Å². The van der Waals surface area contributed by atoms with Gasteiger partial charge in [-0.1, -0.05) is 29.8 Å². The molecule has 94 valence electrons. The Morgan fingerprint density at radius 2 is 1.83 bits per heavy atom. The number of nitrogens with two attached hydrogens (primary N) is 1. The topological polar surface area (TPSA) is 44.5 Å². The molecule has 18 heavy (non-hydrogen) atoms. The van der Waals surface area contributed by atoms with Crippen LogP contribution in [0.15, 0.2) is 42.5 Å². The fourth-order valence-corrected chi connectivity index (χ4v) is 1.83. The molecule has 0 amide bonds. The zero-order valence-electron chi connectivity index (χ0n) is 10.0. The molecule has 0 atom stereocenters. The summed E-state index contributed by atoms with van der Waals surface area (Å²) in [5.74, 6) is 1.98. The van der Waals surface area contributed by atoms with E-state index in [-0.39, 0.29) is 0 Å². The average molecular weight is 264 g/mol. The zero-order valence-corrected chi connectivity index (χ0v) is 10.8. The van der Waals surface area contributed by atoms with Gasteiger partial charge in [0.05, 0.1) is 7.11 Å². The largest absolute Gasteiger partial charge is 0.493 e. The van der Waals surface area contributed by atoms with Gasteiger partial charge in [-0.3, -0.25) is 0 Å². The Morgan fingerprint density at radius 3 is 2.44 bits per heavy atom. The molecule has 4 heteroatoms. The number of rotatable bonds is 4. The maximum absolute atomic E-state index is 6.08. The van der Waals surface area contributed by atoms with Crippen LogP contribution in [0.25, 0.3) is 0 Å². The van der Waals surface area contributed by atoms with Gasteiger partial charge in [0.1, 0.15) is 5.75 Å². The molecule has 0 aromatic heterocycles. The van der Waals surface area contributed by atoms with Gasteiger partial charge in [-0.05, 0) is 29.8 Å². The number of hydrogen-bond acceptors (Lipinski definition) is 3. The smallest absolute Gasteiger partial charge is 0.169 e. The lowest BCUT2D eigenvalue weighted by Crippen LogP contribution is -1.97. The number of benzene rings is 2. The first-order valence-corrected chi connectivity index (χ1v) is 5.91. The van der Waals surface area contributed by atoms with Crippen molar-refractivity contribution in [1.82, 2.24) is 0 Å². The normalized spacial score (nSPS) is 10.2. The highest BCUT2D eigenvalue weighted by molar-refractivity contribution is 6.31. The molecule has 0 spiro atoms. The van der Waals surface area contributed by atoms with Crippen LogP contribution in [-0.2, 0) is 6.54 Å². The van der Waals surface area contributed by atoms with E-state index in [9.17, 15) is 0 Å². The van der Waals surface area contributed by atoms with Crippen molar-refractivity contribution in [2.24, 2.45) is 5.73 Å². The van der Waals surface area contributed by atoms with Gasteiger partial charge in [-0.25, -0.2) is 0 Å². The standard InChI is InChI=1S/C14H14ClNO2/c1-17-13-4-2-3-5-14(13)18-11-7-6-10(9-16)12(15)8-11/h2-8H,9,16H2,1H3.